The van der Waals surface area contributed by atoms with Crippen molar-refractivity contribution in [3.8, 4) is 0 Å². The number of sulfone groups is 1. The van der Waals surface area contributed by atoms with E-state index in [1.165, 1.54) is 6.26 Å². The molecule has 1 rings (SSSR count). The summed E-state index contributed by atoms with van der Waals surface area (Å²) in [5.74, 6) is 1.39. The second-order valence-corrected chi connectivity index (χ2v) is 7.51. The van der Waals surface area contributed by atoms with Crippen LogP contribution in [0.2, 0.25) is 0 Å². The van der Waals surface area contributed by atoms with E-state index in [4.69, 9.17) is 0 Å². The van der Waals surface area contributed by atoms with Crippen LogP contribution in [-0.2, 0) is 9.84 Å². The number of aryl methyl sites for hydroxylation is 1. The Balaban J connectivity index is 2.87. The Labute approximate surface area is 110 Å². The molecule has 0 spiro atoms. The third kappa shape index (κ3) is 4.68. The minimum atomic E-state index is -2.99. The lowest BCUT2D eigenvalue weighted by Crippen LogP contribution is -2.19. The first kappa shape index (κ1) is 15.0. The Hall–Kier alpha value is -1.04. The number of anilines is 1. The Bertz CT molecular complexity index is 491. The van der Waals surface area contributed by atoms with Crippen LogP contribution in [0.1, 0.15) is 32.5 Å². The lowest BCUT2D eigenvalue weighted by molar-refractivity contribution is 0.561. The van der Waals surface area contributed by atoms with Crippen molar-refractivity contribution in [2.24, 2.45) is 5.92 Å². The SMILES string of the molecule is Cc1cn(C(C)CS(C)(=O)=O)c(NCC(C)C)n1. The van der Waals surface area contributed by atoms with Gasteiger partial charge in [-0.3, -0.25) is 0 Å². The zero-order valence-electron chi connectivity index (χ0n) is 11.8. The zero-order valence-corrected chi connectivity index (χ0v) is 12.6. The molecular weight excluding hydrogens is 250 g/mol. The summed E-state index contributed by atoms with van der Waals surface area (Å²) >= 11 is 0. The number of hydrogen-bond acceptors (Lipinski definition) is 4. The maximum atomic E-state index is 11.3. The van der Waals surface area contributed by atoms with Gasteiger partial charge in [0.1, 0.15) is 9.84 Å². The molecule has 1 aromatic rings. The minimum Gasteiger partial charge on any atom is -0.355 e. The maximum absolute atomic E-state index is 11.3. The molecule has 0 saturated carbocycles. The van der Waals surface area contributed by atoms with Gasteiger partial charge in [0.15, 0.2) is 0 Å². The molecule has 1 unspecified atom stereocenters. The number of rotatable bonds is 6. The van der Waals surface area contributed by atoms with Crippen LogP contribution < -0.4 is 5.32 Å². The van der Waals surface area contributed by atoms with Gasteiger partial charge in [-0.25, -0.2) is 13.4 Å². The van der Waals surface area contributed by atoms with E-state index < -0.39 is 9.84 Å². The molecule has 1 heterocycles. The molecule has 1 atom stereocenters. The van der Waals surface area contributed by atoms with E-state index in [1.54, 1.807) is 0 Å². The third-order valence-electron chi connectivity index (χ3n) is 2.54. The van der Waals surface area contributed by atoms with Crippen LogP contribution in [0.5, 0.6) is 0 Å². The van der Waals surface area contributed by atoms with Crippen LogP contribution in [0.25, 0.3) is 0 Å². The average Bonchev–Trinajstić information content (AvgIpc) is 2.54. The monoisotopic (exact) mass is 273 g/mol. The number of imidazole rings is 1. The highest BCUT2D eigenvalue weighted by Crippen LogP contribution is 2.17. The maximum Gasteiger partial charge on any atom is 0.203 e. The first-order valence-electron chi connectivity index (χ1n) is 6.16. The van der Waals surface area contributed by atoms with Crippen molar-refractivity contribution in [2.75, 3.05) is 23.9 Å². The molecule has 6 heteroatoms. The molecule has 5 nitrogen and oxygen atoms in total. The molecule has 0 aliphatic carbocycles. The van der Waals surface area contributed by atoms with E-state index in [0.29, 0.717) is 5.92 Å². The standard InChI is InChI=1S/C12H23N3O2S/c1-9(2)6-13-12-14-10(3)7-15(12)11(4)8-18(5,16)17/h7,9,11H,6,8H2,1-5H3,(H,13,14). The van der Waals surface area contributed by atoms with Gasteiger partial charge in [0.2, 0.25) is 5.95 Å². The summed E-state index contributed by atoms with van der Waals surface area (Å²) in [5, 5.41) is 3.26. The van der Waals surface area contributed by atoms with Crippen LogP contribution in [0, 0.1) is 12.8 Å². The van der Waals surface area contributed by atoms with E-state index in [0.717, 1.165) is 18.2 Å². The summed E-state index contributed by atoms with van der Waals surface area (Å²) in [5.41, 5.74) is 0.890. The summed E-state index contributed by atoms with van der Waals surface area (Å²) in [6.45, 7) is 8.86. The summed E-state index contributed by atoms with van der Waals surface area (Å²) < 4.78 is 24.6. The molecule has 0 radical (unpaired) electrons. The fraction of sp³-hybridized carbons (Fsp3) is 0.750. The largest absolute Gasteiger partial charge is 0.355 e. The molecule has 0 aliphatic rings. The predicted octanol–water partition coefficient (Wildman–Crippen LogP) is 1.87. The summed E-state index contributed by atoms with van der Waals surface area (Å²) in [4.78, 5) is 4.39. The lowest BCUT2D eigenvalue weighted by Gasteiger charge is -2.16. The van der Waals surface area contributed by atoms with E-state index in [-0.39, 0.29) is 11.8 Å². The van der Waals surface area contributed by atoms with Gasteiger partial charge in [0.05, 0.1) is 11.4 Å². The number of nitrogens with one attached hydrogen (secondary N) is 1. The number of hydrogen-bond donors (Lipinski definition) is 1. The summed E-state index contributed by atoms with van der Waals surface area (Å²) in [6.07, 6.45) is 3.15. The van der Waals surface area contributed by atoms with E-state index in [2.05, 4.69) is 24.1 Å². The molecular formula is C12H23N3O2S. The topological polar surface area (TPSA) is 64.0 Å². The van der Waals surface area contributed by atoms with Crippen molar-refractivity contribution in [3.63, 3.8) is 0 Å². The van der Waals surface area contributed by atoms with Gasteiger partial charge in [-0.15, -0.1) is 0 Å². The van der Waals surface area contributed by atoms with Crippen molar-refractivity contribution >= 4 is 15.8 Å². The number of aromatic nitrogens is 2. The number of nitrogens with zero attached hydrogens (tertiary/aromatic N) is 2. The molecule has 0 aliphatic heterocycles. The Kier molecular flexibility index (Phi) is 4.78. The van der Waals surface area contributed by atoms with Crippen molar-refractivity contribution in [1.29, 1.82) is 0 Å². The van der Waals surface area contributed by atoms with Crippen LogP contribution in [0.4, 0.5) is 5.95 Å². The Morgan fingerprint density at radius 3 is 2.50 bits per heavy atom. The van der Waals surface area contributed by atoms with Crippen LogP contribution in [0.3, 0.4) is 0 Å². The minimum absolute atomic E-state index is 0.115. The first-order valence-corrected chi connectivity index (χ1v) is 8.22. The van der Waals surface area contributed by atoms with Gasteiger partial charge >= 0.3 is 0 Å². The second-order valence-electron chi connectivity index (χ2n) is 5.33. The smallest absolute Gasteiger partial charge is 0.203 e. The first-order chi connectivity index (χ1) is 8.19. The Morgan fingerprint density at radius 1 is 1.39 bits per heavy atom. The van der Waals surface area contributed by atoms with E-state index >= 15 is 0 Å². The molecule has 0 saturated heterocycles. The summed E-state index contributed by atoms with van der Waals surface area (Å²) in [6, 6.07) is -0.115. The predicted molar refractivity (Wildman–Crippen MR) is 74.7 cm³/mol. The quantitative estimate of drug-likeness (QED) is 0.859. The summed E-state index contributed by atoms with van der Waals surface area (Å²) in [7, 11) is -2.99. The van der Waals surface area contributed by atoms with Crippen molar-refractivity contribution in [3.05, 3.63) is 11.9 Å². The van der Waals surface area contributed by atoms with Crippen LogP contribution in [-0.4, -0.2) is 36.5 Å². The highest BCUT2D eigenvalue weighted by Gasteiger charge is 2.16. The highest BCUT2D eigenvalue weighted by atomic mass is 32.2. The molecule has 0 aromatic carbocycles. The van der Waals surface area contributed by atoms with Gasteiger partial charge in [-0.2, -0.15) is 0 Å². The molecule has 104 valence electrons. The van der Waals surface area contributed by atoms with Gasteiger partial charge in [-0.05, 0) is 19.8 Å². The van der Waals surface area contributed by atoms with Crippen LogP contribution in [0.15, 0.2) is 6.20 Å². The van der Waals surface area contributed by atoms with Gasteiger partial charge in [-0.1, -0.05) is 13.8 Å². The van der Waals surface area contributed by atoms with Crippen molar-refractivity contribution in [1.82, 2.24) is 9.55 Å². The fourth-order valence-electron chi connectivity index (χ4n) is 1.80. The second kappa shape index (κ2) is 5.73. The molecule has 0 amide bonds. The van der Waals surface area contributed by atoms with Crippen molar-refractivity contribution < 1.29 is 8.42 Å². The fourth-order valence-corrected chi connectivity index (χ4v) is 2.83. The van der Waals surface area contributed by atoms with Gasteiger partial charge in [0.25, 0.3) is 0 Å². The van der Waals surface area contributed by atoms with E-state index in [9.17, 15) is 8.42 Å². The van der Waals surface area contributed by atoms with Gasteiger partial charge in [0, 0.05) is 25.0 Å². The average molecular weight is 273 g/mol. The van der Waals surface area contributed by atoms with Crippen molar-refractivity contribution in [2.45, 2.75) is 33.7 Å². The third-order valence-corrected chi connectivity index (χ3v) is 3.63. The molecule has 1 N–H and O–H groups in total. The molecule has 18 heavy (non-hydrogen) atoms. The molecule has 0 fully saturated rings. The van der Waals surface area contributed by atoms with Crippen LogP contribution >= 0.6 is 0 Å². The molecule has 0 bridgehead atoms. The lowest BCUT2D eigenvalue weighted by atomic mass is 10.2. The highest BCUT2D eigenvalue weighted by molar-refractivity contribution is 7.90. The van der Waals surface area contributed by atoms with Gasteiger partial charge < -0.3 is 9.88 Å². The zero-order chi connectivity index (χ0) is 13.9. The van der Waals surface area contributed by atoms with E-state index in [1.807, 2.05) is 24.6 Å². The Morgan fingerprint density at radius 2 is 2.00 bits per heavy atom. The normalized spacial score (nSPS) is 13.9. The molecule has 1 aromatic heterocycles.